The van der Waals surface area contributed by atoms with Crippen LogP contribution in [0.15, 0.2) is 24.4 Å². The molecule has 0 aliphatic heterocycles. The van der Waals surface area contributed by atoms with Crippen LogP contribution in [0.1, 0.15) is 55.8 Å². The molecule has 0 saturated heterocycles. The number of hydrogen-bond donors (Lipinski definition) is 2. The molecule has 0 fully saturated rings. The van der Waals surface area contributed by atoms with Gasteiger partial charge in [0.15, 0.2) is 0 Å². The van der Waals surface area contributed by atoms with E-state index in [0.29, 0.717) is 29.5 Å². The number of ether oxygens (including phenoxy) is 2. The second-order valence-electron chi connectivity index (χ2n) is 7.71. The molecule has 1 unspecified atom stereocenters. The number of nitrogens with zero attached hydrogens (tertiary/aromatic N) is 3. The van der Waals surface area contributed by atoms with Crippen LogP contribution < -0.4 is 10.5 Å². The van der Waals surface area contributed by atoms with Gasteiger partial charge in [-0.25, -0.2) is 9.97 Å². The van der Waals surface area contributed by atoms with Gasteiger partial charge in [0.1, 0.15) is 6.23 Å². The third-order valence-electron chi connectivity index (χ3n) is 5.15. The predicted molar refractivity (Wildman–Crippen MR) is 114 cm³/mol. The molecule has 0 saturated carbocycles. The van der Waals surface area contributed by atoms with Gasteiger partial charge < -0.3 is 24.9 Å². The molecule has 3 heterocycles. The van der Waals surface area contributed by atoms with Crippen LogP contribution in [0.2, 0.25) is 0 Å². The summed E-state index contributed by atoms with van der Waals surface area (Å²) in [6, 6.07) is 6.12. The van der Waals surface area contributed by atoms with E-state index in [4.69, 9.17) is 20.2 Å². The average molecular weight is 399 g/mol. The number of aliphatic hydroxyl groups is 1. The summed E-state index contributed by atoms with van der Waals surface area (Å²) in [6.45, 7) is 8.79. The van der Waals surface area contributed by atoms with Crippen LogP contribution in [0, 0.1) is 6.92 Å². The summed E-state index contributed by atoms with van der Waals surface area (Å²) in [5.41, 5.74) is 11.5. The lowest BCUT2D eigenvalue weighted by Crippen LogP contribution is -2.11. The van der Waals surface area contributed by atoms with Gasteiger partial charge in [-0.05, 0) is 43.5 Å². The largest absolute Gasteiger partial charge is 0.480 e. The van der Waals surface area contributed by atoms with E-state index in [-0.39, 0.29) is 6.04 Å². The highest BCUT2D eigenvalue weighted by Crippen LogP contribution is 2.35. The van der Waals surface area contributed by atoms with Crippen LogP contribution >= 0.6 is 0 Å². The van der Waals surface area contributed by atoms with Crippen molar-refractivity contribution in [1.82, 2.24) is 14.5 Å². The molecular weight excluding hydrogens is 368 g/mol. The SMILES string of the molecule is COC[C@H](C)n1cc(C(N)O)c2nc(-c3ccc(C(C)C)nc3OC)c(C)cc21. The van der Waals surface area contributed by atoms with E-state index in [2.05, 4.69) is 31.8 Å². The summed E-state index contributed by atoms with van der Waals surface area (Å²) >= 11 is 0. The third-order valence-corrected chi connectivity index (χ3v) is 5.15. The summed E-state index contributed by atoms with van der Waals surface area (Å²) in [6.07, 6.45) is 0.729. The first kappa shape index (κ1) is 21.2. The molecule has 0 aliphatic carbocycles. The van der Waals surface area contributed by atoms with Crippen molar-refractivity contribution in [3.05, 3.63) is 41.2 Å². The van der Waals surface area contributed by atoms with E-state index in [0.717, 1.165) is 28.0 Å². The first-order valence-electron chi connectivity index (χ1n) is 9.78. The van der Waals surface area contributed by atoms with Gasteiger partial charge in [0.05, 0.1) is 42.0 Å². The molecule has 0 bridgehead atoms. The van der Waals surface area contributed by atoms with Gasteiger partial charge in [0.25, 0.3) is 0 Å². The van der Waals surface area contributed by atoms with Gasteiger partial charge >= 0.3 is 0 Å². The van der Waals surface area contributed by atoms with Crippen molar-refractivity contribution in [3.8, 4) is 17.1 Å². The minimum absolute atomic E-state index is 0.0728. The van der Waals surface area contributed by atoms with Crippen LogP contribution in [-0.4, -0.2) is 40.5 Å². The molecule has 0 aliphatic rings. The van der Waals surface area contributed by atoms with E-state index < -0.39 is 6.23 Å². The fraction of sp³-hybridized carbons (Fsp3) is 0.455. The Balaban J connectivity index is 2.23. The first-order valence-corrected chi connectivity index (χ1v) is 9.78. The van der Waals surface area contributed by atoms with E-state index in [1.54, 1.807) is 14.2 Å². The molecule has 0 aromatic carbocycles. The van der Waals surface area contributed by atoms with E-state index >= 15 is 0 Å². The van der Waals surface area contributed by atoms with Gasteiger partial charge in [0, 0.05) is 24.6 Å². The number of nitrogens with two attached hydrogens (primary N) is 1. The number of pyridine rings is 2. The molecule has 2 atom stereocenters. The Morgan fingerprint density at radius 2 is 1.90 bits per heavy atom. The molecule has 156 valence electrons. The molecule has 29 heavy (non-hydrogen) atoms. The first-order chi connectivity index (χ1) is 13.8. The third kappa shape index (κ3) is 3.99. The van der Waals surface area contributed by atoms with Crippen molar-refractivity contribution in [1.29, 1.82) is 0 Å². The molecular formula is C22H30N4O3. The smallest absolute Gasteiger partial charge is 0.222 e. The zero-order valence-corrected chi connectivity index (χ0v) is 17.9. The standard InChI is InChI=1S/C22H30N4O3/c1-12(2)17-8-7-15(22(24-17)29-6)19-13(3)9-18-20(25-19)16(21(23)27)10-26(18)14(4)11-28-5/h7-10,12,14,21,27H,11,23H2,1-6H3/t14-,21?/m0/s1. The molecule has 3 N–H and O–H groups in total. The van der Waals surface area contributed by atoms with Crippen LogP contribution in [0.25, 0.3) is 22.3 Å². The van der Waals surface area contributed by atoms with Crippen molar-refractivity contribution in [2.75, 3.05) is 20.8 Å². The van der Waals surface area contributed by atoms with E-state index in [9.17, 15) is 5.11 Å². The molecule has 0 spiro atoms. The van der Waals surface area contributed by atoms with E-state index in [1.807, 2.05) is 29.8 Å². The molecule has 3 aromatic heterocycles. The minimum atomic E-state index is -1.13. The summed E-state index contributed by atoms with van der Waals surface area (Å²) in [5, 5.41) is 10.1. The quantitative estimate of drug-likeness (QED) is 0.589. The second-order valence-corrected chi connectivity index (χ2v) is 7.71. The Hall–Kier alpha value is -2.48. The normalized spacial score (nSPS) is 13.8. The highest BCUT2D eigenvalue weighted by atomic mass is 16.5. The zero-order chi connectivity index (χ0) is 21.3. The summed E-state index contributed by atoms with van der Waals surface area (Å²) in [7, 11) is 3.28. The van der Waals surface area contributed by atoms with Crippen LogP contribution in [0.3, 0.4) is 0 Å². The Labute approximate surface area is 171 Å². The topological polar surface area (TPSA) is 95.4 Å². The Morgan fingerprint density at radius 1 is 1.17 bits per heavy atom. The van der Waals surface area contributed by atoms with Crippen molar-refractivity contribution < 1.29 is 14.6 Å². The summed E-state index contributed by atoms with van der Waals surface area (Å²) in [5.74, 6) is 0.831. The van der Waals surface area contributed by atoms with Crippen LogP contribution in [0.5, 0.6) is 5.88 Å². The van der Waals surface area contributed by atoms with Gasteiger partial charge in [-0.2, -0.15) is 0 Å². The minimum Gasteiger partial charge on any atom is -0.480 e. The number of aromatic nitrogens is 3. The summed E-state index contributed by atoms with van der Waals surface area (Å²) < 4.78 is 12.9. The Bertz CT molecular complexity index is 1010. The number of rotatable bonds is 7. The highest BCUT2D eigenvalue weighted by molar-refractivity contribution is 5.85. The van der Waals surface area contributed by atoms with Crippen molar-refractivity contribution in [2.45, 2.75) is 45.9 Å². The highest BCUT2D eigenvalue weighted by Gasteiger charge is 2.21. The van der Waals surface area contributed by atoms with Gasteiger partial charge in [-0.3, -0.25) is 0 Å². The monoisotopic (exact) mass is 398 g/mol. The van der Waals surface area contributed by atoms with Crippen molar-refractivity contribution in [3.63, 3.8) is 0 Å². The fourth-order valence-corrected chi connectivity index (χ4v) is 3.58. The predicted octanol–water partition coefficient (Wildman–Crippen LogP) is 3.70. The number of aliphatic hydroxyl groups excluding tert-OH is 1. The van der Waals surface area contributed by atoms with Crippen molar-refractivity contribution >= 4 is 11.0 Å². The maximum Gasteiger partial charge on any atom is 0.222 e. The molecule has 0 amide bonds. The maximum atomic E-state index is 10.1. The van der Waals surface area contributed by atoms with Gasteiger partial charge in [-0.15, -0.1) is 0 Å². The number of fused-ring (bicyclic) bond motifs is 1. The lowest BCUT2D eigenvalue weighted by atomic mass is 10.0. The number of methoxy groups -OCH3 is 2. The zero-order valence-electron chi connectivity index (χ0n) is 17.9. The van der Waals surface area contributed by atoms with Gasteiger partial charge in [0.2, 0.25) is 5.88 Å². The fourth-order valence-electron chi connectivity index (χ4n) is 3.58. The van der Waals surface area contributed by atoms with Crippen molar-refractivity contribution in [2.24, 2.45) is 5.73 Å². The summed E-state index contributed by atoms with van der Waals surface area (Å²) in [4.78, 5) is 9.54. The number of aryl methyl sites for hydroxylation is 1. The van der Waals surface area contributed by atoms with Crippen LogP contribution in [0.4, 0.5) is 0 Å². The number of hydrogen-bond acceptors (Lipinski definition) is 6. The lowest BCUT2D eigenvalue weighted by molar-refractivity contribution is 0.163. The Morgan fingerprint density at radius 3 is 2.48 bits per heavy atom. The molecule has 0 radical (unpaired) electrons. The lowest BCUT2D eigenvalue weighted by Gasteiger charge is -2.16. The molecule has 7 nitrogen and oxygen atoms in total. The van der Waals surface area contributed by atoms with E-state index in [1.165, 1.54) is 0 Å². The van der Waals surface area contributed by atoms with Gasteiger partial charge in [-0.1, -0.05) is 13.8 Å². The molecule has 7 heteroatoms. The second kappa shape index (κ2) is 8.49. The molecule has 3 aromatic rings. The van der Waals surface area contributed by atoms with Crippen LogP contribution in [-0.2, 0) is 4.74 Å². The Kier molecular flexibility index (Phi) is 6.21. The maximum absolute atomic E-state index is 10.1. The molecule has 3 rings (SSSR count). The average Bonchev–Trinajstić information content (AvgIpc) is 3.05.